The van der Waals surface area contributed by atoms with Crippen LogP contribution in [0.3, 0.4) is 0 Å². The Hall–Kier alpha value is -0.650. The Labute approximate surface area is 96.6 Å². The van der Waals surface area contributed by atoms with Crippen LogP contribution in [-0.4, -0.2) is 50.0 Å². The molecule has 1 fully saturated rings. The van der Waals surface area contributed by atoms with E-state index in [1.165, 1.54) is 7.11 Å². The summed E-state index contributed by atoms with van der Waals surface area (Å²) in [6.45, 7) is 3.45. The average Bonchev–Trinajstić information content (AvgIpc) is 2.27. The van der Waals surface area contributed by atoms with Crippen molar-refractivity contribution in [3.05, 3.63) is 0 Å². The van der Waals surface area contributed by atoms with Gasteiger partial charge in [-0.1, -0.05) is 6.92 Å². The first kappa shape index (κ1) is 13.4. The fourth-order valence-corrected chi connectivity index (χ4v) is 1.98. The van der Waals surface area contributed by atoms with Gasteiger partial charge in [0.1, 0.15) is 0 Å². The van der Waals surface area contributed by atoms with Crippen LogP contribution in [0.1, 0.15) is 19.8 Å². The predicted molar refractivity (Wildman–Crippen MR) is 61.1 cm³/mol. The molecule has 0 aromatic rings. The van der Waals surface area contributed by atoms with Gasteiger partial charge >= 0.3 is 0 Å². The standard InChI is InChI=1S/C11H22N2O3/c1-8-4-3-5-12-10(8)11(15)13-6-9(14)7-16-2/h8-10,12,14H,3-7H2,1-2H3,(H,13,15). The number of rotatable bonds is 5. The SMILES string of the molecule is COCC(O)CNC(=O)C1NCCCC1C. The lowest BCUT2D eigenvalue weighted by Gasteiger charge is -2.29. The van der Waals surface area contributed by atoms with Crippen LogP contribution in [0.5, 0.6) is 0 Å². The van der Waals surface area contributed by atoms with Gasteiger partial charge in [-0.3, -0.25) is 4.79 Å². The van der Waals surface area contributed by atoms with Gasteiger partial charge < -0.3 is 20.5 Å². The molecule has 0 saturated carbocycles. The van der Waals surface area contributed by atoms with Gasteiger partial charge in [0.15, 0.2) is 0 Å². The molecule has 5 heteroatoms. The zero-order chi connectivity index (χ0) is 12.0. The maximum Gasteiger partial charge on any atom is 0.237 e. The number of amides is 1. The normalized spacial score (nSPS) is 27.4. The molecule has 1 aliphatic heterocycles. The molecule has 0 radical (unpaired) electrons. The highest BCUT2D eigenvalue weighted by molar-refractivity contribution is 5.82. The van der Waals surface area contributed by atoms with Crippen molar-refractivity contribution in [2.24, 2.45) is 5.92 Å². The van der Waals surface area contributed by atoms with Crippen molar-refractivity contribution < 1.29 is 14.6 Å². The lowest BCUT2D eigenvalue weighted by molar-refractivity contribution is -0.125. The molecule has 5 nitrogen and oxygen atoms in total. The van der Waals surface area contributed by atoms with Crippen molar-refractivity contribution in [3.8, 4) is 0 Å². The fourth-order valence-electron chi connectivity index (χ4n) is 1.98. The maximum absolute atomic E-state index is 11.8. The molecular formula is C11H22N2O3. The number of aliphatic hydroxyl groups is 1. The van der Waals surface area contributed by atoms with Crippen LogP contribution < -0.4 is 10.6 Å². The maximum atomic E-state index is 11.8. The Morgan fingerprint density at radius 1 is 1.69 bits per heavy atom. The molecule has 3 atom stereocenters. The van der Waals surface area contributed by atoms with Crippen molar-refractivity contribution >= 4 is 5.91 Å². The first-order valence-corrected chi connectivity index (χ1v) is 5.83. The molecule has 3 N–H and O–H groups in total. The highest BCUT2D eigenvalue weighted by atomic mass is 16.5. The van der Waals surface area contributed by atoms with Gasteiger partial charge in [0, 0.05) is 13.7 Å². The Morgan fingerprint density at radius 2 is 2.44 bits per heavy atom. The van der Waals surface area contributed by atoms with E-state index < -0.39 is 6.10 Å². The summed E-state index contributed by atoms with van der Waals surface area (Å²) in [5.74, 6) is 0.329. The van der Waals surface area contributed by atoms with Crippen LogP contribution in [0.2, 0.25) is 0 Å². The van der Waals surface area contributed by atoms with Crippen molar-refractivity contribution in [1.29, 1.82) is 0 Å². The van der Waals surface area contributed by atoms with E-state index in [0.29, 0.717) is 5.92 Å². The van der Waals surface area contributed by atoms with Gasteiger partial charge in [0.05, 0.1) is 18.8 Å². The molecule has 3 unspecified atom stereocenters. The third kappa shape index (κ3) is 4.08. The molecule has 0 aliphatic carbocycles. The van der Waals surface area contributed by atoms with Crippen LogP contribution >= 0.6 is 0 Å². The highest BCUT2D eigenvalue weighted by Gasteiger charge is 2.27. The quantitative estimate of drug-likeness (QED) is 0.595. The smallest absolute Gasteiger partial charge is 0.237 e. The summed E-state index contributed by atoms with van der Waals surface area (Å²) in [4.78, 5) is 11.8. The third-order valence-corrected chi connectivity index (χ3v) is 2.92. The highest BCUT2D eigenvalue weighted by Crippen LogP contribution is 2.15. The number of carbonyl (C=O) groups is 1. The Kier molecular flexibility index (Phi) is 5.73. The second-order valence-corrected chi connectivity index (χ2v) is 4.41. The van der Waals surface area contributed by atoms with Crippen molar-refractivity contribution in [3.63, 3.8) is 0 Å². The Morgan fingerprint density at radius 3 is 3.06 bits per heavy atom. The minimum Gasteiger partial charge on any atom is -0.389 e. The number of hydrogen-bond donors (Lipinski definition) is 3. The van der Waals surface area contributed by atoms with Gasteiger partial charge in [-0.05, 0) is 25.3 Å². The van der Waals surface area contributed by atoms with Gasteiger partial charge in [-0.2, -0.15) is 0 Å². The lowest BCUT2D eigenvalue weighted by Crippen LogP contribution is -2.52. The van der Waals surface area contributed by atoms with E-state index >= 15 is 0 Å². The van der Waals surface area contributed by atoms with E-state index in [-0.39, 0.29) is 25.1 Å². The predicted octanol–water partition coefficient (Wildman–Crippen LogP) is -0.502. The summed E-state index contributed by atoms with van der Waals surface area (Å²) >= 11 is 0. The zero-order valence-corrected chi connectivity index (χ0v) is 10.0. The molecule has 94 valence electrons. The van der Waals surface area contributed by atoms with E-state index in [0.717, 1.165) is 19.4 Å². The average molecular weight is 230 g/mol. The molecule has 0 bridgehead atoms. The second-order valence-electron chi connectivity index (χ2n) is 4.41. The molecule has 0 aromatic carbocycles. The molecule has 16 heavy (non-hydrogen) atoms. The summed E-state index contributed by atoms with van der Waals surface area (Å²) in [5, 5.41) is 15.3. The van der Waals surface area contributed by atoms with E-state index in [2.05, 4.69) is 17.6 Å². The van der Waals surface area contributed by atoms with Gasteiger partial charge in [0.2, 0.25) is 5.91 Å². The Bertz CT molecular complexity index is 223. The molecule has 1 saturated heterocycles. The number of nitrogens with one attached hydrogen (secondary N) is 2. The number of ether oxygens (including phenoxy) is 1. The number of carbonyl (C=O) groups excluding carboxylic acids is 1. The van der Waals surface area contributed by atoms with Crippen LogP contribution in [-0.2, 0) is 9.53 Å². The van der Waals surface area contributed by atoms with Crippen molar-refractivity contribution in [2.45, 2.75) is 31.9 Å². The summed E-state index contributed by atoms with van der Waals surface area (Å²) in [5.41, 5.74) is 0. The largest absolute Gasteiger partial charge is 0.389 e. The van der Waals surface area contributed by atoms with E-state index in [1.54, 1.807) is 0 Å². The third-order valence-electron chi connectivity index (χ3n) is 2.92. The molecule has 1 rings (SSSR count). The van der Waals surface area contributed by atoms with Crippen LogP contribution in [0, 0.1) is 5.92 Å². The number of hydrogen-bond acceptors (Lipinski definition) is 4. The first-order valence-electron chi connectivity index (χ1n) is 5.83. The summed E-state index contributed by atoms with van der Waals surface area (Å²) in [6.07, 6.45) is 1.57. The molecular weight excluding hydrogens is 208 g/mol. The van der Waals surface area contributed by atoms with Gasteiger partial charge in [-0.25, -0.2) is 0 Å². The van der Waals surface area contributed by atoms with E-state index in [9.17, 15) is 9.90 Å². The van der Waals surface area contributed by atoms with Crippen LogP contribution in [0.4, 0.5) is 0 Å². The molecule has 0 aromatic heterocycles. The second kappa shape index (κ2) is 6.83. The monoisotopic (exact) mass is 230 g/mol. The molecule has 1 amide bonds. The van der Waals surface area contributed by atoms with Gasteiger partial charge in [0.25, 0.3) is 0 Å². The van der Waals surface area contributed by atoms with Crippen LogP contribution in [0.25, 0.3) is 0 Å². The van der Waals surface area contributed by atoms with Gasteiger partial charge in [-0.15, -0.1) is 0 Å². The molecule has 1 aliphatic rings. The minimum atomic E-state index is -0.632. The first-order chi connectivity index (χ1) is 7.65. The topological polar surface area (TPSA) is 70.6 Å². The summed E-state index contributed by atoms with van der Waals surface area (Å²) in [7, 11) is 1.52. The minimum absolute atomic E-state index is 0.0256. The molecule has 1 heterocycles. The lowest BCUT2D eigenvalue weighted by atomic mass is 9.92. The number of methoxy groups -OCH3 is 1. The fraction of sp³-hybridized carbons (Fsp3) is 0.909. The van der Waals surface area contributed by atoms with Crippen LogP contribution in [0.15, 0.2) is 0 Å². The Balaban J connectivity index is 2.28. The van der Waals surface area contributed by atoms with E-state index in [4.69, 9.17) is 4.74 Å². The van der Waals surface area contributed by atoms with Crippen molar-refractivity contribution in [2.75, 3.05) is 26.8 Å². The van der Waals surface area contributed by atoms with Crippen molar-refractivity contribution in [1.82, 2.24) is 10.6 Å². The number of aliphatic hydroxyl groups excluding tert-OH is 1. The number of piperidine rings is 1. The van der Waals surface area contributed by atoms with E-state index in [1.807, 2.05) is 0 Å². The summed E-state index contributed by atoms with van der Waals surface area (Å²) < 4.78 is 4.79. The molecule has 0 spiro atoms. The zero-order valence-electron chi connectivity index (χ0n) is 10.0. The summed E-state index contributed by atoms with van der Waals surface area (Å²) in [6, 6.07) is -0.122.